The van der Waals surface area contributed by atoms with Crippen LogP contribution < -0.4 is 16.5 Å². The normalized spacial score (nSPS) is 10.0. The highest BCUT2D eigenvalue weighted by Gasteiger charge is 1.94. The van der Waals surface area contributed by atoms with E-state index >= 15 is 0 Å². The van der Waals surface area contributed by atoms with Gasteiger partial charge in [0, 0.05) is 12.7 Å². The molecule has 1 heterocycles. The van der Waals surface area contributed by atoms with Crippen molar-refractivity contribution in [3.8, 4) is 0 Å². The second-order valence-electron chi connectivity index (χ2n) is 2.85. The van der Waals surface area contributed by atoms with E-state index in [1.54, 1.807) is 24.4 Å². The molecule has 0 saturated carbocycles. The Balaban J connectivity index is 2.46. The van der Waals surface area contributed by atoms with Gasteiger partial charge in [0.05, 0.1) is 11.9 Å². The fourth-order valence-electron chi connectivity index (χ4n) is 0.894. The Morgan fingerprint density at radius 1 is 1.69 bits per heavy atom. The van der Waals surface area contributed by atoms with E-state index < -0.39 is 0 Å². The number of hydrogen-bond acceptors (Lipinski definition) is 4. The van der Waals surface area contributed by atoms with Crippen LogP contribution >= 0.6 is 12.2 Å². The van der Waals surface area contributed by atoms with E-state index in [0.717, 1.165) is 0 Å². The molecule has 1 rings (SSSR count). The van der Waals surface area contributed by atoms with E-state index in [1.807, 2.05) is 0 Å². The SMILES string of the molecule is C=CCNC(=S)NN=Cc1ncccc1N. The molecule has 0 aromatic carbocycles. The number of pyridine rings is 1. The maximum atomic E-state index is 5.67. The van der Waals surface area contributed by atoms with Crippen LogP contribution in [0.2, 0.25) is 0 Å². The molecule has 0 atom stereocenters. The molecule has 16 heavy (non-hydrogen) atoms. The molecule has 1 aromatic heterocycles. The van der Waals surface area contributed by atoms with Crippen LogP contribution in [0.25, 0.3) is 0 Å². The van der Waals surface area contributed by atoms with Crippen LogP contribution in [0.5, 0.6) is 0 Å². The summed E-state index contributed by atoms with van der Waals surface area (Å²) >= 11 is 4.93. The Bertz CT molecular complexity index is 402. The Kier molecular flexibility index (Phi) is 4.94. The van der Waals surface area contributed by atoms with Crippen LogP contribution in [-0.2, 0) is 0 Å². The highest BCUT2D eigenvalue weighted by molar-refractivity contribution is 7.80. The number of nitrogen functional groups attached to an aromatic ring is 1. The fraction of sp³-hybridized carbons (Fsp3) is 0.100. The third-order valence-electron chi connectivity index (χ3n) is 1.63. The van der Waals surface area contributed by atoms with Gasteiger partial charge in [0.25, 0.3) is 0 Å². The van der Waals surface area contributed by atoms with Crippen molar-refractivity contribution in [2.24, 2.45) is 5.10 Å². The molecule has 0 aliphatic heterocycles. The van der Waals surface area contributed by atoms with Gasteiger partial charge < -0.3 is 11.1 Å². The van der Waals surface area contributed by atoms with E-state index in [9.17, 15) is 0 Å². The summed E-state index contributed by atoms with van der Waals surface area (Å²) < 4.78 is 0. The minimum absolute atomic E-state index is 0.422. The van der Waals surface area contributed by atoms with Crippen LogP contribution in [0, 0.1) is 0 Å². The molecule has 6 heteroatoms. The van der Waals surface area contributed by atoms with Crippen LogP contribution in [0.15, 0.2) is 36.1 Å². The molecule has 0 aliphatic rings. The molecule has 0 fully saturated rings. The van der Waals surface area contributed by atoms with Crippen molar-refractivity contribution in [2.75, 3.05) is 12.3 Å². The van der Waals surface area contributed by atoms with Crippen molar-refractivity contribution in [3.63, 3.8) is 0 Å². The molecule has 84 valence electrons. The third-order valence-corrected chi connectivity index (χ3v) is 1.87. The summed E-state index contributed by atoms with van der Waals surface area (Å²) in [6.07, 6.45) is 4.86. The average molecular weight is 235 g/mol. The average Bonchev–Trinajstić information content (AvgIpc) is 2.29. The smallest absolute Gasteiger partial charge is 0.187 e. The molecule has 0 bridgehead atoms. The van der Waals surface area contributed by atoms with Crippen molar-refractivity contribution in [1.29, 1.82) is 0 Å². The number of thiocarbonyl (C=S) groups is 1. The molecule has 0 unspecified atom stereocenters. The zero-order valence-electron chi connectivity index (χ0n) is 8.68. The predicted octanol–water partition coefficient (Wildman–Crippen LogP) is 0.648. The van der Waals surface area contributed by atoms with E-state index in [-0.39, 0.29) is 0 Å². The first-order valence-corrected chi connectivity index (χ1v) is 5.03. The molecule has 0 saturated heterocycles. The number of nitrogens with two attached hydrogens (primary N) is 1. The molecular formula is C10H13N5S. The van der Waals surface area contributed by atoms with Crippen LogP contribution in [0.4, 0.5) is 5.69 Å². The number of nitrogens with zero attached hydrogens (tertiary/aromatic N) is 2. The zero-order chi connectivity index (χ0) is 11.8. The van der Waals surface area contributed by atoms with Gasteiger partial charge in [-0.1, -0.05) is 6.08 Å². The first-order chi connectivity index (χ1) is 7.74. The lowest BCUT2D eigenvalue weighted by Crippen LogP contribution is -2.31. The van der Waals surface area contributed by atoms with Gasteiger partial charge >= 0.3 is 0 Å². The van der Waals surface area contributed by atoms with Crippen LogP contribution in [0.1, 0.15) is 5.69 Å². The quantitative estimate of drug-likeness (QED) is 0.309. The predicted molar refractivity (Wildman–Crippen MR) is 70.2 cm³/mol. The Morgan fingerprint density at radius 2 is 2.50 bits per heavy atom. The number of hydrazone groups is 1. The summed E-state index contributed by atoms with van der Waals surface area (Å²) in [6.45, 7) is 4.15. The summed E-state index contributed by atoms with van der Waals surface area (Å²) in [5, 5.41) is 7.19. The lowest BCUT2D eigenvalue weighted by atomic mass is 10.3. The van der Waals surface area contributed by atoms with Crippen molar-refractivity contribution in [1.82, 2.24) is 15.7 Å². The van der Waals surface area contributed by atoms with Crippen LogP contribution in [-0.4, -0.2) is 22.9 Å². The number of anilines is 1. The van der Waals surface area contributed by atoms with Crippen molar-refractivity contribution in [3.05, 3.63) is 36.7 Å². The minimum Gasteiger partial charge on any atom is -0.397 e. The van der Waals surface area contributed by atoms with Crippen molar-refractivity contribution in [2.45, 2.75) is 0 Å². The van der Waals surface area contributed by atoms with Gasteiger partial charge in [0.2, 0.25) is 0 Å². The molecule has 4 N–H and O–H groups in total. The largest absolute Gasteiger partial charge is 0.397 e. The molecule has 0 radical (unpaired) electrons. The topological polar surface area (TPSA) is 75.3 Å². The first-order valence-electron chi connectivity index (χ1n) is 4.62. The third kappa shape index (κ3) is 4.05. The van der Waals surface area contributed by atoms with Gasteiger partial charge in [0.15, 0.2) is 5.11 Å². The van der Waals surface area contributed by atoms with Crippen molar-refractivity contribution < 1.29 is 0 Å². The molecule has 0 spiro atoms. The number of nitrogens with one attached hydrogen (secondary N) is 2. The standard InChI is InChI=1S/C10H13N5S/c1-2-5-13-10(16)15-14-7-9-8(11)4-3-6-12-9/h2-4,6-7H,1,5,11H2,(H2,13,15,16). The highest BCUT2D eigenvalue weighted by atomic mass is 32.1. The lowest BCUT2D eigenvalue weighted by molar-refractivity contribution is 0.941. The summed E-state index contributed by atoms with van der Waals surface area (Å²) in [4.78, 5) is 4.04. The molecule has 0 aliphatic carbocycles. The number of aromatic nitrogens is 1. The van der Waals surface area contributed by atoms with Gasteiger partial charge in [-0.3, -0.25) is 10.4 Å². The maximum absolute atomic E-state index is 5.67. The van der Waals surface area contributed by atoms with E-state index in [1.165, 1.54) is 6.21 Å². The van der Waals surface area contributed by atoms with Crippen LogP contribution in [0.3, 0.4) is 0 Å². The maximum Gasteiger partial charge on any atom is 0.187 e. The van der Waals surface area contributed by atoms with Gasteiger partial charge in [-0.05, 0) is 24.4 Å². The van der Waals surface area contributed by atoms with E-state index in [2.05, 4.69) is 27.4 Å². The lowest BCUT2D eigenvalue weighted by Gasteiger charge is -2.03. The van der Waals surface area contributed by atoms with E-state index in [4.69, 9.17) is 18.0 Å². The van der Waals surface area contributed by atoms with Gasteiger partial charge in [-0.25, -0.2) is 0 Å². The number of rotatable bonds is 4. The second-order valence-corrected chi connectivity index (χ2v) is 3.25. The van der Waals surface area contributed by atoms with Crippen molar-refractivity contribution >= 4 is 29.2 Å². The Labute approximate surface area is 99.5 Å². The first kappa shape index (κ1) is 12.1. The Hall–Kier alpha value is -1.95. The molecular weight excluding hydrogens is 222 g/mol. The van der Waals surface area contributed by atoms with E-state index in [0.29, 0.717) is 23.0 Å². The summed E-state index contributed by atoms with van der Waals surface area (Å²) in [7, 11) is 0. The highest BCUT2D eigenvalue weighted by Crippen LogP contribution is 2.02. The van der Waals surface area contributed by atoms with Gasteiger partial charge in [-0.2, -0.15) is 5.10 Å². The molecule has 0 amide bonds. The molecule has 5 nitrogen and oxygen atoms in total. The zero-order valence-corrected chi connectivity index (χ0v) is 9.50. The minimum atomic E-state index is 0.422. The van der Waals surface area contributed by atoms with Gasteiger partial charge in [-0.15, -0.1) is 6.58 Å². The van der Waals surface area contributed by atoms with Gasteiger partial charge in [0.1, 0.15) is 5.69 Å². The Morgan fingerprint density at radius 3 is 3.19 bits per heavy atom. The second kappa shape index (κ2) is 6.52. The fourth-order valence-corrected chi connectivity index (χ4v) is 1.03. The summed E-state index contributed by atoms with van der Waals surface area (Å²) in [5.41, 5.74) is 9.48. The summed E-state index contributed by atoms with van der Waals surface area (Å²) in [6, 6.07) is 3.51. The monoisotopic (exact) mass is 235 g/mol. The molecule has 1 aromatic rings. The number of hydrogen-bond donors (Lipinski definition) is 3. The summed E-state index contributed by atoms with van der Waals surface area (Å²) in [5.74, 6) is 0.